The molecule has 0 atom stereocenters. The van der Waals surface area contributed by atoms with Crippen molar-refractivity contribution in [2.75, 3.05) is 27.2 Å². The Bertz CT molecular complexity index is 648. The van der Waals surface area contributed by atoms with Gasteiger partial charge in [-0.2, -0.15) is 4.98 Å². The van der Waals surface area contributed by atoms with Crippen molar-refractivity contribution < 1.29 is 9.32 Å². The molecule has 0 aliphatic carbocycles. The zero-order valence-electron chi connectivity index (χ0n) is 13.5. The van der Waals surface area contributed by atoms with Crippen LogP contribution in [0.5, 0.6) is 0 Å². The van der Waals surface area contributed by atoms with Crippen molar-refractivity contribution in [2.45, 2.75) is 25.3 Å². The van der Waals surface area contributed by atoms with E-state index in [9.17, 15) is 4.79 Å². The van der Waals surface area contributed by atoms with Gasteiger partial charge in [-0.25, -0.2) is 0 Å². The molecule has 0 aromatic carbocycles. The number of likely N-dealkylation sites (tertiary alicyclic amines) is 1. The maximum Gasteiger partial charge on any atom is 0.272 e. The first-order valence-corrected chi connectivity index (χ1v) is 7.81. The zero-order chi connectivity index (χ0) is 16.2. The Labute approximate surface area is 135 Å². The molecule has 1 fully saturated rings. The van der Waals surface area contributed by atoms with Gasteiger partial charge in [-0.15, -0.1) is 0 Å². The Kier molecular flexibility index (Phi) is 4.66. The summed E-state index contributed by atoms with van der Waals surface area (Å²) >= 11 is 0. The van der Waals surface area contributed by atoms with Crippen molar-refractivity contribution >= 4 is 5.91 Å². The van der Waals surface area contributed by atoms with E-state index in [1.807, 2.05) is 36.0 Å². The minimum atomic E-state index is -0.0112. The second-order valence-corrected chi connectivity index (χ2v) is 6.07. The van der Waals surface area contributed by atoms with Gasteiger partial charge < -0.3 is 14.3 Å². The molecule has 23 heavy (non-hydrogen) atoms. The van der Waals surface area contributed by atoms with E-state index in [0.717, 1.165) is 12.8 Å². The average Bonchev–Trinajstić information content (AvgIpc) is 3.03. The highest BCUT2D eigenvalue weighted by Gasteiger charge is 2.28. The van der Waals surface area contributed by atoms with Crippen LogP contribution in [0.3, 0.4) is 0 Å². The van der Waals surface area contributed by atoms with Crippen LogP contribution >= 0.6 is 0 Å². The van der Waals surface area contributed by atoms with E-state index in [1.54, 1.807) is 12.3 Å². The number of hydrogen-bond acceptors (Lipinski definition) is 6. The van der Waals surface area contributed by atoms with Gasteiger partial charge in [-0.1, -0.05) is 11.2 Å². The molecule has 0 saturated carbocycles. The minimum absolute atomic E-state index is 0.0112. The van der Waals surface area contributed by atoms with Gasteiger partial charge in [0.25, 0.3) is 5.91 Å². The number of amides is 1. The van der Waals surface area contributed by atoms with E-state index in [4.69, 9.17) is 4.52 Å². The molecule has 1 saturated heterocycles. The lowest BCUT2D eigenvalue weighted by molar-refractivity contribution is 0.0698. The molecule has 1 aliphatic rings. The largest absolute Gasteiger partial charge is 0.339 e. The Morgan fingerprint density at radius 3 is 2.78 bits per heavy atom. The summed E-state index contributed by atoms with van der Waals surface area (Å²) in [7, 11) is 3.94. The molecule has 0 radical (unpaired) electrons. The molecule has 3 rings (SSSR count). The fourth-order valence-corrected chi connectivity index (χ4v) is 2.76. The highest BCUT2D eigenvalue weighted by Crippen LogP contribution is 2.27. The lowest BCUT2D eigenvalue weighted by Gasteiger charge is -2.30. The summed E-state index contributed by atoms with van der Waals surface area (Å²) in [6, 6.07) is 5.39. The Morgan fingerprint density at radius 2 is 2.13 bits per heavy atom. The monoisotopic (exact) mass is 315 g/mol. The molecule has 1 amide bonds. The van der Waals surface area contributed by atoms with Gasteiger partial charge in [-0.3, -0.25) is 9.78 Å². The molecule has 0 spiro atoms. The molecule has 7 nitrogen and oxygen atoms in total. The average molecular weight is 315 g/mol. The summed E-state index contributed by atoms with van der Waals surface area (Å²) in [5, 5.41) is 4.01. The summed E-state index contributed by atoms with van der Waals surface area (Å²) in [4.78, 5) is 24.8. The van der Waals surface area contributed by atoms with Crippen LogP contribution < -0.4 is 0 Å². The van der Waals surface area contributed by atoms with E-state index in [-0.39, 0.29) is 11.8 Å². The number of pyridine rings is 1. The lowest BCUT2D eigenvalue weighted by atomic mass is 9.96. The van der Waals surface area contributed by atoms with Gasteiger partial charge >= 0.3 is 0 Å². The van der Waals surface area contributed by atoms with Crippen LogP contribution in [0.4, 0.5) is 0 Å². The summed E-state index contributed by atoms with van der Waals surface area (Å²) in [6.45, 7) is 2.04. The van der Waals surface area contributed by atoms with Gasteiger partial charge in [0.15, 0.2) is 5.82 Å². The summed E-state index contributed by atoms with van der Waals surface area (Å²) in [6.07, 6.45) is 3.31. The van der Waals surface area contributed by atoms with Crippen molar-refractivity contribution in [1.82, 2.24) is 24.9 Å². The number of hydrogen-bond donors (Lipinski definition) is 0. The van der Waals surface area contributed by atoms with Crippen LogP contribution in [0.1, 0.15) is 41.0 Å². The Hall–Kier alpha value is -2.28. The second-order valence-electron chi connectivity index (χ2n) is 6.07. The van der Waals surface area contributed by atoms with E-state index in [1.165, 1.54) is 0 Å². The van der Waals surface area contributed by atoms with E-state index >= 15 is 0 Å². The third-order valence-electron chi connectivity index (χ3n) is 3.96. The van der Waals surface area contributed by atoms with Crippen LogP contribution in [-0.4, -0.2) is 58.0 Å². The molecule has 0 N–H and O–H groups in total. The maximum atomic E-state index is 12.4. The maximum absolute atomic E-state index is 12.4. The SMILES string of the molecule is CN(C)Cc1noc(C2CCN(C(=O)c3ccccn3)CC2)n1. The van der Waals surface area contributed by atoms with Gasteiger partial charge in [0.1, 0.15) is 5.69 Å². The molecule has 2 aromatic heterocycles. The number of carbonyl (C=O) groups excluding carboxylic acids is 1. The first kappa shape index (κ1) is 15.6. The molecule has 0 unspecified atom stereocenters. The van der Waals surface area contributed by atoms with Gasteiger partial charge in [0.05, 0.1) is 6.54 Å². The lowest BCUT2D eigenvalue weighted by Crippen LogP contribution is -2.38. The summed E-state index contributed by atoms with van der Waals surface area (Å²) in [5.74, 6) is 1.61. The summed E-state index contributed by atoms with van der Waals surface area (Å²) < 4.78 is 5.38. The predicted octanol–water partition coefficient (Wildman–Crippen LogP) is 1.55. The van der Waals surface area contributed by atoms with Crippen molar-refractivity contribution in [3.8, 4) is 0 Å². The molecule has 3 heterocycles. The van der Waals surface area contributed by atoms with Gasteiger partial charge in [0, 0.05) is 25.2 Å². The fourth-order valence-electron chi connectivity index (χ4n) is 2.76. The molecule has 2 aromatic rings. The molecular weight excluding hydrogens is 294 g/mol. The van der Waals surface area contributed by atoms with Crippen molar-refractivity contribution in [1.29, 1.82) is 0 Å². The molecular formula is C16H21N5O2. The van der Waals surface area contributed by atoms with E-state index in [0.29, 0.717) is 37.0 Å². The van der Waals surface area contributed by atoms with Gasteiger partial charge in [0.2, 0.25) is 5.89 Å². The van der Waals surface area contributed by atoms with Crippen LogP contribution in [0, 0.1) is 0 Å². The molecule has 7 heteroatoms. The number of piperidine rings is 1. The molecule has 122 valence electrons. The standard InChI is InChI=1S/C16H21N5O2/c1-20(2)11-14-18-15(23-19-14)12-6-9-21(10-7-12)16(22)13-5-3-4-8-17-13/h3-5,8,12H,6-7,9-11H2,1-2H3. The predicted molar refractivity (Wildman–Crippen MR) is 83.8 cm³/mol. The van der Waals surface area contributed by atoms with E-state index in [2.05, 4.69) is 15.1 Å². The summed E-state index contributed by atoms with van der Waals surface area (Å²) in [5.41, 5.74) is 0.497. The van der Waals surface area contributed by atoms with Crippen molar-refractivity contribution in [3.05, 3.63) is 41.8 Å². The highest BCUT2D eigenvalue weighted by atomic mass is 16.5. The normalized spacial score (nSPS) is 16.0. The number of nitrogens with zero attached hydrogens (tertiary/aromatic N) is 5. The van der Waals surface area contributed by atoms with Crippen LogP contribution in [0.25, 0.3) is 0 Å². The van der Waals surface area contributed by atoms with Crippen molar-refractivity contribution in [2.24, 2.45) is 0 Å². The Morgan fingerprint density at radius 1 is 1.35 bits per heavy atom. The van der Waals surface area contributed by atoms with Crippen LogP contribution in [0.15, 0.2) is 28.9 Å². The Balaban J connectivity index is 1.58. The number of rotatable bonds is 4. The first-order valence-electron chi connectivity index (χ1n) is 7.81. The topological polar surface area (TPSA) is 75.4 Å². The van der Waals surface area contributed by atoms with Crippen LogP contribution in [0.2, 0.25) is 0 Å². The van der Waals surface area contributed by atoms with Gasteiger partial charge in [-0.05, 0) is 39.1 Å². The first-order chi connectivity index (χ1) is 11.1. The number of aromatic nitrogens is 3. The minimum Gasteiger partial charge on any atom is -0.339 e. The van der Waals surface area contributed by atoms with E-state index < -0.39 is 0 Å². The molecule has 1 aliphatic heterocycles. The third kappa shape index (κ3) is 3.73. The zero-order valence-corrected chi connectivity index (χ0v) is 13.5. The molecule has 0 bridgehead atoms. The smallest absolute Gasteiger partial charge is 0.272 e. The second kappa shape index (κ2) is 6.87. The fraction of sp³-hybridized carbons (Fsp3) is 0.500. The third-order valence-corrected chi connectivity index (χ3v) is 3.96. The quantitative estimate of drug-likeness (QED) is 0.852. The number of carbonyl (C=O) groups is 1. The highest BCUT2D eigenvalue weighted by molar-refractivity contribution is 5.92. The van der Waals surface area contributed by atoms with Crippen LogP contribution in [-0.2, 0) is 6.54 Å². The van der Waals surface area contributed by atoms with Crippen molar-refractivity contribution in [3.63, 3.8) is 0 Å².